The second-order valence-corrected chi connectivity index (χ2v) is 13.1. The van der Waals surface area contributed by atoms with Crippen molar-refractivity contribution in [3.05, 3.63) is 57.9 Å². The zero-order valence-corrected chi connectivity index (χ0v) is 23.1. The first-order chi connectivity index (χ1) is 16.2. The topological polar surface area (TPSA) is 122 Å². The molecule has 0 bridgehead atoms. The van der Waals surface area contributed by atoms with Crippen LogP contribution in [0.4, 0.5) is 10.5 Å². The fourth-order valence-electron chi connectivity index (χ4n) is 3.34. The maximum atomic E-state index is 13.7. The number of aryl methyl sites for hydroxylation is 1. The second kappa shape index (κ2) is 10.2. The van der Waals surface area contributed by atoms with Crippen molar-refractivity contribution in [3.63, 3.8) is 0 Å². The zero-order valence-electron chi connectivity index (χ0n) is 19.9. The lowest BCUT2D eigenvalue weighted by molar-refractivity contribution is 0.0563. The summed E-state index contributed by atoms with van der Waals surface area (Å²) in [6.07, 6.45) is 0.956. The molecule has 0 aliphatic rings. The Bertz CT molecular complexity index is 1410. The van der Waals surface area contributed by atoms with E-state index in [0.717, 1.165) is 22.5 Å². The van der Waals surface area contributed by atoms with E-state index in [9.17, 15) is 13.2 Å². The number of anilines is 1. The van der Waals surface area contributed by atoms with Gasteiger partial charge in [0.15, 0.2) is 0 Å². The molecule has 0 saturated carbocycles. The molecule has 1 aromatic heterocycles. The Morgan fingerprint density at radius 2 is 1.83 bits per heavy atom. The van der Waals surface area contributed by atoms with Gasteiger partial charge in [0.2, 0.25) is 9.84 Å². The Labute approximate surface area is 218 Å². The van der Waals surface area contributed by atoms with Gasteiger partial charge in [-0.2, -0.15) is 0 Å². The van der Waals surface area contributed by atoms with Crippen molar-refractivity contribution in [2.24, 2.45) is 0 Å². The smallest absolute Gasteiger partial charge is 0.413 e. The van der Waals surface area contributed by atoms with Crippen molar-refractivity contribution in [2.45, 2.75) is 47.3 Å². The second-order valence-electron chi connectivity index (χ2n) is 8.65. The summed E-state index contributed by atoms with van der Waals surface area (Å²) in [5.74, 6) is -0.250. The summed E-state index contributed by atoms with van der Waals surface area (Å²) in [4.78, 5) is 12.3. The maximum absolute atomic E-state index is 13.7. The average Bonchev–Trinajstić information content (AvgIpc) is 3.18. The average molecular weight is 552 g/mol. The van der Waals surface area contributed by atoms with E-state index in [0.29, 0.717) is 14.8 Å². The third-order valence-corrected chi connectivity index (χ3v) is 9.46. The van der Waals surface area contributed by atoms with Crippen LogP contribution in [0.25, 0.3) is 11.1 Å². The normalized spacial score (nSPS) is 11.8. The molecule has 4 N–H and O–H groups in total. The lowest BCUT2D eigenvalue weighted by atomic mass is 9.99. The molecule has 3 aromatic rings. The van der Waals surface area contributed by atoms with Gasteiger partial charge in [-0.1, -0.05) is 29.8 Å². The number of carbonyl (C=O) groups excluding carboxylic acids is 1. The quantitative estimate of drug-likeness (QED) is 0.147. The van der Waals surface area contributed by atoms with Gasteiger partial charge in [-0.05, 0) is 69.3 Å². The van der Waals surface area contributed by atoms with E-state index in [-0.39, 0.29) is 26.2 Å². The van der Waals surface area contributed by atoms with Crippen LogP contribution >= 0.6 is 34.7 Å². The van der Waals surface area contributed by atoms with Crippen LogP contribution in [0.2, 0.25) is 5.02 Å². The first kappa shape index (κ1) is 27.1. The molecule has 0 saturated heterocycles. The Balaban J connectivity index is 2.02. The van der Waals surface area contributed by atoms with E-state index in [1.54, 1.807) is 57.4 Å². The number of thioether (sulfide) groups is 1. The van der Waals surface area contributed by atoms with Crippen molar-refractivity contribution in [3.8, 4) is 11.1 Å². The number of rotatable bonds is 5. The summed E-state index contributed by atoms with van der Waals surface area (Å²) < 4.78 is 33.1. The molecule has 3 rings (SSSR count). The maximum Gasteiger partial charge on any atom is 0.413 e. The number of ether oxygens (including phenoxy) is 1. The number of benzene rings is 2. The number of halogens is 1. The number of amidine groups is 1. The van der Waals surface area contributed by atoms with Crippen LogP contribution in [0.5, 0.6) is 0 Å². The van der Waals surface area contributed by atoms with Gasteiger partial charge in [-0.3, -0.25) is 10.7 Å². The minimum Gasteiger partial charge on any atom is -0.444 e. The number of para-hydroxylation sites is 1. The monoisotopic (exact) mass is 551 g/mol. The van der Waals surface area contributed by atoms with Crippen LogP contribution in [0.15, 0.2) is 56.5 Å². The number of sulfone groups is 1. The standard InChI is InChI=1S/C24H26ClN3O4S3/c1-13-11-14(25)9-10-15(13)16-7-6-8-18(20(16)26)35(30,31)19-12-17(34-22(19)33-5)21(27)28-23(29)32-24(2,3)4/h6-12H,26H2,1-5H3,(H2,27,28,29). The molecule has 0 spiro atoms. The van der Waals surface area contributed by atoms with Crippen molar-refractivity contribution in [1.82, 2.24) is 5.32 Å². The van der Waals surface area contributed by atoms with Crippen LogP contribution in [-0.4, -0.2) is 32.2 Å². The number of amides is 1. The summed E-state index contributed by atoms with van der Waals surface area (Å²) in [6, 6.07) is 11.6. The summed E-state index contributed by atoms with van der Waals surface area (Å²) in [5, 5.41) is 11.2. The molecule has 35 heavy (non-hydrogen) atoms. The highest BCUT2D eigenvalue weighted by Crippen LogP contribution is 2.41. The van der Waals surface area contributed by atoms with E-state index < -0.39 is 21.5 Å². The first-order valence-electron chi connectivity index (χ1n) is 10.4. The van der Waals surface area contributed by atoms with Crippen LogP contribution in [-0.2, 0) is 14.6 Å². The van der Waals surface area contributed by atoms with Gasteiger partial charge in [0.1, 0.15) is 11.4 Å². The van der Waals surface area contributed by atoms with Crippen LogP contribution in [0.3, 0.4) is 0 Å². The number of hydrogen-bond acceptors (Lipinski definition) is 8. The number of nitrogens with one attached hydrogen (secondary N) is 2. The summed E-state index contributed by atoms with van der Waals surface area (Å²) >= 11 is 8.40. The molecule has 0 fully saturated rings. The third kappa shape index (κ3) is 6.00. The SMILES string of the molecule is CSc1sc(C(=N)NC(=O)OC(C)(C)C)cc1S(=O)(=O)c1cccc(-c2ccc(Cl)cc2C)c1N. The molecule has 0 aliphatic carbocycles. The van der Waals surface area contributed by atoms with Crippen LogP contribution in [0, 0.1) is 12.3 Å². The van der Waals surface area contributed by atoms with Gasteiger partial charge in [-0.25, -0.2) is 13.2 Å². The minimum absolute atomic E-state index is 0.0254. The molecule has 7 nitrogen and oxygen atoms in total. The molecule has 0 unspecified atom stereocenters. The number of alkyl carbamates (subject to hydrolysis) is 1. The van der Waals surface area contributed by atoms with E-state index in [4.69, 9.17) is 27.5 Å². The largest absolute Gasteiger partial charge is 0.444 e. The highest BCUT2D eigenvalue weighted by atomic mass is 35.5. The number of nitrogen functional groups attached to an aromatic ring is 1. The summed E-state index contributed by atoms with van der Waals surface area (Å²) in [5.41, 5.74) is 8.02. The molecular weight excluding hydrogens is 526 g/mol. The van der Waals surface area contributed by atoms with E-state index in [1.165, 1.54) is 23.9 Å². The van der Waals surface area contributed by atoms with E-state index in [1.807, 2.05) is 6.92 Å². The summed E-state index contributed by atoms with van der Waals surface area (Å²) in [7, 11) is -4.04. The highest BCUT2D eigenvalue weighted by Gasteiger charge is 2.29. The van der Waals surface area contributed by atoms with E-state index in [2.05, 4.69) is 5.32 Å². The van der Waals surface area contributed by atoms with Gasteiger partial charge in [0.05, 0.1) is 24.6 Å². The number of hydrogen-bond donors (Lipinski definition) is 3. The van der Waals surface area contributed by atoms with Crippen LogP contribution < -0.4 is 11.1 Å². The Morgan fingerprint density at radius 3 is 2.43 bits per heavy atom. The van der Waals surface area contributed by atoms with Crippen molar-refractivity contribution >= 4 is 62.2 Å². The Kier molecular flexibility index (Phi) is 7.90. The molecular formula is C24H26ClN3O4S3. The highest BCUT2D eigenvalue weighted by molar-refractivity contribution is 8.01. The number of thiophene rings is 1. The van der Waals surface area contributed by atoms with Gasteiger partial charge in [-0.15, -0.1) is 23.1 Å². The Hall–Kier alpha value is -2.53. The molecule has 0 radical (unpaired) electrons. The van der Waals surface area contributed by atoms with Gasteiger partial charge < -0.3 is 10.5 Å². The lowest BCUT2D eigenvalue weighted by Gasteiger charge is -2.19. The van der Waals surface area contributed by atoms with Gasteiger partial charge in [0, 0.05) is 10.6 Å². The summed E-state index contributed by atoms with van der Waals surface area (Å²) in [6.45, 7) is 7.01. The fourth-order valence-corrected chi connectivity index (χ4v) is 7.61. The van der Waals surface area contributed by atoms with Gasteiger partial charge in [0.25, 0.3) is 0 Å². The molecule has 2 aromatic carbocycles. The lowest BCUT2D eigenvalue weighted by Crippen LogP contribution is -2.36. The zero-order chi connectivity index (χ0) is 26.1. The first-order valence-corrected chi connectivity index (χ1v) is 14.3. The number of carbonyl (C=O) groups is 1. The van der Waals surface area contributed by atoms with Crippen molar-refractivity contribution < 1.29 is 17.9 Å². The van der Waals surface area contributed by atoms with Crippen LogP contribution in [0.1, 0.15) is 31.2 Å². The molecule has 0 aliphatic heterocycles. The molecule has 186 valence electrons. The molecule has 11 heteroatoms. The van der Waals surface area contributed by atoms with E-state index >= 15 is 0 Å². The van der Waals surface area contributed by atoms with Crippen molar-refractivity contribution in [2.75, 3.05) is 12.0 Å². The molecule has 1 heterocycles. The van der Waals surface area contributed by atoms with Gasteiger partial charge >= 0.3 is 6.09 Å². The predicted molar refractivity (Wildman–Crippen MR) is 144 cm³/mol. The third-order valence-electron chi connectivity index (χ3n) is 4.85. The molecule has 0 atom stereocenters. The number of nitrogens with two attached hydrogens (primary N) is 1. The predicted octanol–water partition coefficient (Wildman–Crippen LogP) is 6.36. The fraction of sp³-hybridized carbons (Fsp3) is 0.250. The Morgan fingerprint density at radius 1 is 1.14 bits per heavy atom. The minimum atomic E-state index is -4.04. The van der Waals surface area contributed by atoms with Crippen molar-refractivity contribution in [1.29, 1.82) is 5.41 Å². The molecule has 1 amide bonds.